The van der Waals surface area contributed by atoms with Crippen LogP contribution in [0.15, 0.2) is 0 Å². The van der Waals surface area contributed by atoms with Crippen LogP contribution in [0, 0.1) is 11.8 Å². The van der Waals surface area contributed by atoms with E-state index >= 15 is 0 Å². The van der Waals surface area contributed by atoms with Gasteiger partial charge in [-0.05, 0) is 56.8 Å². The lowest BCUT2D eigenvalue weighted by atomic mass is 9.85. The normalized spacial score (nSPS) is 32.0. The van der Waals surface area contributed by atoms with Crippen LogP contribution in [0.5, 0.6) is 0 Å². The van der Waals surface area contributed by atoms with Crippen molar-refractivity contribution in [3.63, 3.8) is 0 Å². The summed E-state index contributed by atoms with van der Waals surface area (Å²) in [5.41, 5.74) is 0. The molecule has 3 atom stereocenters. The van der Waals surface area contributed by atoms with Gasteiger partial charge in [0.25, 0.3) is 0 Å². The maximum atomic E-state index is 12.6. The molecule has 0 bridgehead atoms. The van der Waals surface area contributed by atoms with Gasteiger partial charge in [0.1, 0.15) is 6.10 Å². The van der Waals surface area contributed by atoms with Gasteiger partial charge in [0.05, 0.1) is 12.6 Å². The molecular weight excluding hydrogens is 344 g/mol. The van der Waals surface area contributed by atoms with E-state index in [1.165, 1.54) is 25.7 Å². The van der Waals surface area contributed by atoms with Crippen molar-refractivity contribution in [3.05, 3.63) is 0 Å². The predicted octanol–water partition coefficient (Wildman–Crippen LogP) is 2.80. The molecule has 0 radical (unpaired) electrons. The van der Waals surface area contributed by atoms with Gasteiger partial charge in [0.2, 0.25) is 5.91 Å². The number of carboxylic acids is 1. The Balaban J connectivity index is 1.41. The second-order valence-electron chi connectivity index (χ2n) is 9.02. The molecule has 154 valence electrons. The van der Waals surface area contributed by atoms with Crippen LogP contribution >= 0.6 is 0 Å². The third-order valence-electron chi connectivity index (χ3n) is 6.41. The van der Waals surface area contributed by atoms with Gasteiger partial charge in [0.15, 0.2) is 0 Å². The topological polar surface area (TPSA) is 78.9 Å². The van der Waals surface area contributed by atoms with E-state index in [9.17, 15) is 9.59 Å². The van der Waals surface area contributed by atoms with Gasteiger partial charge in [-0.3, -0.25) is 14.5 Å². The lowest BCUT2D eigenvalue weighted by Crippen LogP contribution is -2.56. The van der Waals surface area contributed by atoms with Crippen LogP contribution in [-0.2, 0) is 14.3 Å². The zero-order valence-corrected chi connectivity index (χ0v) is 16.9. The van der Waals surface area contributed by atoms with E-state index in [0.29, 0.717) is 18.3 Å². The Morgan fingerprint density at radius 1 is 1.19 bits per heavy atom. The van der Waals surface area contributed by atoms with Gasteiger partial charge < -0.3 is 15.2 Å². The molecule has 3 aliphatic rings. The largest absolute Gasteiger partial charge is 0.480 e. The average molecular weight is 381 g/mol. The monoisotopic (exact) mass is 380 g/mol. The van der Waals surface area contributed by atoms with Gasteiger partial charge in [-0.2, -0.15) is 0 Å². The Morgan fingerprint density at radius 3 is 2.52 bits per heavy atom. The minimum Gasteiger partial charge on any atom is -0.480 e. The van der Waals surface area contributed by atoms with E-state index in [0.717, 1.165) is 32.2 Å². The Bertz CT molecular complexity index is 516. The molecule has 3 fully saturated rings. The number of hydrogen-bond acceptors (Lipinski definition) is 4. The first-order valence-corrected chi connectivity index (χ1v) is 10.9. The molecule has 1 amide bonds. The maximum absolute atomic E-state index is 12.6. The Kier molecular flexibility index (Phi) is 7.15. The van der Waals surface area contributed by atoms with Crippen LogP contribution in [0.25, 0.3) is 0 Å². The summed E-state index contributed by atoms with van der Waals surface area (Å²) in [6.45, 7) is 5.26. The van der Waals surface area contributed by atoms with Crippen molar-refractivity contribution < 1.29 is 19.4 Å². The first kappa shape index (κ1) is 20.6. The zero-order chi connectivity index (χ0) is 19.4. The van der Waals surface area contributed by atoms with Crippen LogP contribution in [0.2, 0.25) is 0 Å². The molecule has 3 aliphatic carbocycles. The highest BCUT2D eigenvalue weighted by Gasteiger charge is 2.38. The minimum absolute atomic E-state index is 0.00570. The molecule has 0 spiro atoms. The molecule has 6 nitrogen and oxygen atoms in total. The number of carboxylic acid groups (broad SMARTS) is 1. The number of rotatable bonds is 10. The number of nitrogens with zero attached hydrogens (tertiary/aromatic N) is 1. The van der Waals surface area contributed by atoms with Crippen molar-refractivity contribution in [1.29, 1.82) is 0 Å². The first-order chi connectivity index (χ1) is 12.9. The number of aliphatic carboxylic acids is 1. The second kappa shape index (κ2) is 9.37. The molecule has 0 aliphatic heterocycles. The Morgan fingerprint density at radius 2 is 1.93 bits per heavy atom. The number of hydrogen-bond donors (Lipinski definition) is 2. The maximum Gasteiger partial charge on any atom is 0.317 e. The molecule has 0 heterocycles. The lowest BCUT2D eigenvalue weighted by Gasteiger charge is -2.43. The van der Waals surface area contributed by atoms with Gasteiger partial charge in [0, 0.05) is 18.6 Å². The summed E-state index contributed by atoms with van der Waals surface area (Å²) < 4.78 is 6.13. The van der Waals surface area contributed by atoms with E-state index in [2.05, 4.69) is 17.1 Å². The highest BCUT2D eigenvalue weighted by Crippen LogP contribution is 2.34. The molecular formula is C21H36N2O4. The number of nitrogens with one attached hydrogen (secondary N) is 1. The predicted molar refractivity (Wildman–Crippen MR) is 103 cm³/mol. The molecule has 0 aromatic rings. The molecule has 2 N–H and O–H groups in total. The van der Waals surface area contributed by atoms with Crippen LogP contribution in [-0.4, -0.2) is 59.3 Å². The van der Waals surface area contributed by atoms with E-state index in [1.807, 2.05) is 6.92 Å². The molecule has 0 aromatic carbocycles. The van der Waals surface area contributed by atoms with Gasteiger partial charge in [-0.1, -0.05) is 26.7 Å². The van der Waals surface area contributed by atoms with Gasteiger partial charge >= 0.3 is 5.97 Å². The standard InChI is InChI=1S/C21H36N2O4/c1-3-19(27-18-6-4-5-14(2)9-18)21(26)22-16-10-17(11-16)23(13-20(24)25)12-15-7-8-15/h14-19H,3-13H2,1-2H3,(H,22,26)(H,24,25). The fraction of sp³-hybridized carbons (Fsp3) is 0.905. The van der Waals surface area contributed by atoms with Crippen molar-refractivity contribution in [2.45, 2.75) is 95.9 Å². The van der Waals surface area contributed by atoms with Crippen molar-refractivity contribution in [2.75, 3.05) is 13.1 Å². The highest BCUT2D eigenvalue weighted by atomic mass is 16.5. The molecule has 0 aromatic heterocycles. The third-order valence-corrected chi connectivity index (χ3v) is 6.41. The Labute approximate surface area is 163 Å². The molecule has 0 saturated heterocycles. The molecule has 3 rings (SSSR count). The van der Waals surface area contributed by atoms with Crippen molar-refractivity contribution >= 4 is 11.9 Å². The summed E-state index contributed by atoms with van der Waals surface area (Å²) in [5, 5.41) is 12.3. The SMILES string of the molecule is CCC(OC1CCCC(C)C1)C(=O)NC1CC(N(CC(=O)O)CC2CC2)C1. The summed E-state index contributed by atoms with van der Waals surface area (Å²) >= 11 is 0. The van der Waals surface area contributed by atoms with E-state index in [1.54, 1.807) is 0 Å². The third kappa shape index (κ3) is 6.18. The van der Waals surface area contributed by atoms with Crippen LogP contribution in [0.3, 0.4) is 0 Å². The Hall–Kier alpha value is -1.14. The molecule has 27 heavy (non-hydrogen) atoms. The number of carbonyl (C=O) groups is 2. The summed E-state index contributed by atoms with van der Waals surface area (Å²) in [6, 6.07) is 0.438. The zero-order valence-electron chi connectivity index (χ0n) is 16.9. The quantitative estimate of drug-likeness (QED) is 0.609. The van der Waals surface area contributed by atoms with E-state index < -0.39 is 5.97 Å². The summed E-state index contributed by atoms with van der Waals surface area (Å²) in [7, 11) is 0. The summed E-state index contributed by atoms with van der Waals surface area (Å²) in [4.78, 5) is 25.9. The van der Waals surface area contributed by atoms with Crippen LogP contribution < -0.4 is 5.32 Å². The molecule has 3 unspecified atom stereocenters. The number of ether oxygens (including phenoxy) is 1. The van der Waals surface area contributed by atoms with Crippen LogP contribution in [0.1, 0.15) is 71.6 Å². The smallest absolute Gasteiger partial charge is 0.317 e. The summed E-state index contributed by atoms with van der Waals surface area (Å²) in [5.74, 6) is 0.604. The van der Waals surface area contributed by atoms with Crippen molar-refractivity contribution in [2.24, 2.45) is 11.8 Å². The van der Waals surface area contributed by atoms with E-state index in [4.69, 9.17) is 9.84 Å². The second-order valence-corrected chi connectivity index (χ2v) is 9.02. The van der Waals surface area contributed by atoms with Crippen molar-refractivity contribution in [1.82, 2.24) is 10.2 Å². The number of amides is 1. The van der Waals surface area contributed by atoms with Gasteiger partial charge in [-0.15, -0.1) is 0 Å². The molecule has 3 saturated carbocycles. The van der Waals surface area contributed by atoms with E-state index in [-0.39, 0.29) is 36.7 Å². The van der Waals surface area contributed by atoms with Gasteiger partial charge in [-0.25, -0.2) is 0 Å². The average Bonchev–Trinajstić information content (AvgIpc) is 3.38. The number of carbonyl (C=O) groups excluding carboxylic acids is 1. The lowest BCUT2D eigenvalue weighted by molar-refractivity contribution is -0.142. The molecule has 6 heteroatoms. The fourth-order valence-electron chi connectivity index (χ4n) is 4.52. The summed E-state index contributed by atoms with van der Waals surface area (Å²) in [6.07, 6.45) is 9.26. The van der Waals surface area contributed by atoms with Crippen LogP contribution in [0.4, 0.5) is 0 Å². The first-order valence-electron chi connectivity index (χ1n) is 10.9. The fourth-order valence-corrected chi connectivity index (χ4v) is 4.52. The highest BCUT2D eigenvalue weighted by molar-refractivity contribution is 5.81. The van der Waals surface area contributed by atoms with Crippen molar-refractivity contribution in [3.8, 4) is 0 Å². The minimum atomic E-state index is -0.760.